The van der Waals surface area contributed by atoms with Crippen molar-refractivity contribution in [2.24, 2.45) is 4.99 Å². The zero-order valence-electron chi connectivity index (χ0n) is 19.7. The summed E-state index contributed by atoms with van der Waals surface area (Å²) in [5.74, 6) is 0.0881. The van der Waals surface area contributed by atoms with Crippen molar-refractivity contribution in [3.8, 4) is 0 Å². The van der Waals surface area contributed by atoms with Crippen molar-refractivity contribution in [3.05, 3.63) is 83.4 Å². The molecule has 2 heterocycles. The number of allylic oxidation sites excluding steroid dienone is 1. The van der Waals surface area contributed by atoms with E-state index in [4.69, 9.17) is 4.99 Å². The Kier molecular flexibility index (Phi) is 6.73. The highest BCUT2D eigenvalue weighted by Crippen LogP contribution is 2.39. The molecule has 0 atom stereocenters. The highest BCUT2D eigenvalue weighted by atomic mass is 32.2. The number of para-hydroxylation sites is 2. The van der Waals surface area contributed by atoms with Crippen LogP contribution in [0.5, 0.6) is 0 Å². The van der Waals surface area contributed by atoms with Crippen LogP contribution in [0.3, 0.4) is 0 Å². The summed E-state index contributed by atoms with van der Waals surface area (Å²) >= 11 is 1.52. The number of aromatic nitrogens is 1. The number of carbonyl (C=O) groups excluding carboxylic acids is 1. The molecule has 0 spiro atoms. The quantitative estimate of drug-likeness (QED) is 0.280. The second kappa shape index (κ2) is 10.1. The maximum absolute atomic E-state index is 13.8. The SMILES string of the molecule is C=CCn1cc(/C=C2/SC(=Nc3ccccc3CC)N(C3CCCCC3)C2=O)c2ccccc21. The van der Waals surface area contributed by atoms with Gasteiger partial charge in [0.2, 0.25) is 0 Å². The average Bonchev–Trinajstić information content (AvgIpc) is 3.37. The maximum atomic E-state index is 13.8. The van der Waals surface area contributed by atoms with E-state index in [1.807, 2.05) is 17.0 Å². The predicted octanol–water partition coefficient (Wildman–Crippen LogP) is 7.33. The predicted molar refractivity (Wildman–Crippen MR) is 144 cm³/mol. The zero-order chi connectivity index (χ0) is 23.5. The van der Waals surface area contributed by atoms with Gasteiger partial charge in [0, 0.05) is 35.2 Å². The number of amidine groups is 1. The lowest BCUT2D eigenvalue weighted by Crippen LogP contribution is -2.40. The number of thioether (sulfide) groups is 1. The van der Waals surface area contributed by atoms with Gasteiger partial charge in [-0.25, -0.2) is 4.99 Å². The van der Waals surface area contributed by atoms with Crippen molar-refractivity contribution in [2.75, 3.05) is 0 Å². The molecule has 5 heteroatoms. The van der Waals surface area contributed by atoms with Crippen LogP contribution in [0.15, 0.2) is 77.3 Å². The van der Waals surface area contributed by atoms with Gasteiger partial charge < -0.3 is 4.57 Å². The van der Waals surface area contributed by atoms with Crippen molar-refractivity contribution in [2.45, 2.75) is 58.0 Å². The molecule has 2 fully saturated rings. The van der Waals surface area contributed by atoms with Gasteiger partial charge in [0.05, 0.1) is 10.6 Å². The van der Waals surface area contributed by atoms with Crippen molar-refractivity contribution in [1.29, 1.82) is 0 Å². The molecule has 2 aromatic carbocycles. The number of nitrogens with zero attached hydrogens (tertiary/aromatic N) is 3. The van der Waals surface area contributed by atoms with Crippen LogP contribution in [0.25, 0.3) is 17.0 Å². The van der Waals surface area contributed by atoms with Crippen LogP contribution in [-0.2, 0) is 17.8 Å². The Balaban J connectivity index is 1.57. The average molecular weight is 470 g/mol. The second-order valence-electron chi connectivity index (χ2n) is 9.00. The molecule has 1 saturated heterocycles. The molecule has 34 heavy (non-hydrogen) atoms. The molecule has 1 amide bonds. The lowest BCUT2D eigenvalue weighted by atomic mass is 9.94. The van der Waals surface area contributed by atoms with Crippen LogP contribution >= 0.6 is 11.8 Å². The summed E-state index contributed by atoms with van der Waals surface area (Å²) in [6, 6.07) is 16.8. The number of carbonyl (C=O) groups is 1. The lowest BCUT2D eigenvalue weighted by Gasteiger charge is -2.30. The summed E-state index contributed by atoms with van der Waals surface area (Å²) in [6.45, 7) is 6.78. The second-order valence-corrected chi connectivity index (χ2v) is 10.0. The van der Waals surface area contributed by atoms with Gasteiger partial charge in [-0.05, 0) is 54.8 Å². The largest absolute Gasteiger partial charge is 0.343 e. The van der Waals surface area contributed by atoms with Gasteiger partial charge in [0.1, 0.15) is 0 Å². The number of rotatable bonds is 6. The molecule has 0 unspecified atom stereocenters. The Morgan fingerprint density at radius 2 is 1.85 bits per heavy atom. The Morgan fingerprint density at radius 3 is 2.65 bits per heavy atom. The molecule has 0 radical (unpaired) electrons. The normalized spacial score (nSPS) is 19.6. The Labute approximate surface area is 206 Å². The summed E-state index contributed by atoms with van der Waals surface area (Å²) < 4.78 is 2.18. The van der Waals surface area contributed by atoms with E-state index in [9.17, 15) is 4.79 Å². The Morgan fingerprint density at radius 1 is 1.09 bits per heavy atom. The van der Waals surface area contributed by atoms with E-state index in [2.05, 4.69) is 72.8 Å². The number of hydrogen-bond acceptors (Lipinski definition) is 3. The van der Waals surface area contributed by atoms with Gasteiger partial charge in [-0.15, -0.1) is 6.58 Å². The fraction of sp³-hybridized carbons (Fsp3) is 0.310. The van der Waals surface area contributed by atoms with Crippen molar-refractivity contribution < 1.29 is 4.79 Å². The van der Waals surface area contributed by atoms with E-state index >= 15 is 0 Å². The highest BCUT2D eigenvalue weighted by molar-refractivity contribution is 8.18. The van der Waals surface area contributed by atoms with Crippen LogP contribution in [0, 0.1) is 0 Å². The van der Waals surface area contributed by atoms with Gasteiger partial charge in [0.15, 0.2) is 5.17 Å². The van der Waals surface area contributed by atoms with Crippen LogP contribution in [0.1, 0.15) is 50.2 Å². The summed E-state index contributed by atoms with van der Waals surface area (Å²) in [7, 11) is 0. The third kappa shape index (κ3) is 4.37. The Hall–Kier alpha value is -3.05. The molecule has 1 saturated carbocycles. The smallest absolute Gasteiger partial charge is 0.267 e. The van der Waals surface area contributed by atoms with Crippen LogP contribution in [0.4, 0.5) is 5.69 Å². The molecular weight excluding hydrogens is 438 g/mol. The van der Waals surface area contributed by atoms with Gasteiger partial charge in [0.25, 0.3) is 5.91 Å². The highest BCUT2D eigenvalue weighted by Gasteiger charge is 2.38. The fourth-order valence-electron chi connectivity index (χ4n) is 5.07. The summed E-state index contributed by atoms with van der Waals surface area (Å²) in [4.78, 5) is 21.6. The van der Waals surface area contributed by atoms with E-state index in [1.54, 1.807) is 0 Å². The minimum Gasteiger partial charge on any atom is -0.343 e. The topological polar surface area (TPSA) is 37.6 Å². The Bertz CT molecular complexity index is 1280. The first-order chi connectivity index (χ1) is 16.7. The van der Waals surface area contributed by atoms with Crippen LogP contribution in [0.2, 0.25) is 0 Å². The molecule has 1 aromatic heterocycles. The minimum atomic E-state index is 0.0881. The third-order valence-corrected chi connectivity index (χ3v) is 7.78. The third-order valence-electron chi connectivity index (χ3n) is 6.80. The number of aryl methyl sites for hydroxylation is 1. The van der Waals surface area contributed by atoms with Gasteiger partial charge in [-0.1, -0.05) is 68.7 Å². The summed E-state index contributed by atoms with van der Waals surface area (Å²) in [6.07, 6.45) is 12.7. The lowest BCUT2D eigenvalue weighted by molar-refractivity contribution is -0.124. The van der Waals surface area contributed by atoms with Crippen molar-refractivity contribution >= 4 is 45.5 Å². The maximum Gasteiger partial charge on any atom is 0.267 e. The molecule has 1 aliphatic heterocycles. The minimum absolute atomic E-state index is 0.0881. The van der Waals surface area contributed by atoms with E-state index in [-0.39, 0.29) is 11.9 Å². The standard InChI is InChI=1S/C29H31N3OS/c1-3-18-31-20-22(24-15-9-11-17-26(24)31)19-27-28(33)32(23-13-6-5-7-14-23)29(34-27)30-25-16-10-8-12-21(25)4-2/h3,8-12,15-17,19-20,23H,1,4-7,13-14,18H2,2H3/b27-19+,30-29?. The number of fused-ring (bicyclic) bond motifs is 1. The first kappa shape index (κ1) is 22.7. The summed E-state index contributed by atoms with van der Waals surface area (Å²) in [5.41, 5.74) is 4.38. The van der Waals surface area contributed by atoms with Gasteiger partial charge >= 0.3 is 0 Å². The van der Waals surface area contributed by atoms with E-state index < -0.39 is 0 Å². The molecule has 0 N–H and O–H groups in total. The first-order valence-electron chi connectivity index (χ1n) is 12.3. The van der Waals surface area contributed by atoms with Crippen LogP contribution < -0.4 is 0 Å². The van der Waals surface area contributed by atoms with Gasteiger partial charge in [-0.3, -0.25) is 9.69 Å². The summed E-state index contributed by atoms with van der Waals surface area (Å²) in [5, 5.41) is 1.97. The molecule has 5 rings (SSSR count). The molecule has 0 bridgehead atoms. The molecule has 174 valence electrons. The molecule has 4 nitrogen and oxygen atoms in total. The number of amides is 1. The van der Waals surface area contributed by atoms with E-state index in [0.29, 0.717) is 0 Å². The monoisotopic (exact) mass is 469 g/mol. The first-order valence-corrected chi connectivity index (χ1v) is 13.1. The molecular formula is C29H31N3OS. The number of aliphatic imine (C=N–C) groups is 1. The van der Waals surface area contributed by atoms with E-state index in [1.165, 1.54) is 36.6 Å². The number of benzene rings is 2. The van der Waals surface area contributed by atoms with Crippen molar-refractivity contribution in [1.82, 2.24) is 9.47 Å². The van der Waals surface area contributed by atoms with Crippen LogP contribution in [-0.4, -0.2) is 26.6 Å². The molecule has 1 aliphatic carbocycles. The molecule has 3 aromatic rings. The fourth-order valence-corrected chi connectivity index (χ4v) is 6.11. The zero-order valence-corrected chi connectivity index (χ0v) is 20.6. The van der Waals surface area contributed by atoms with Crippen molar-refractivity contribution in [3.63, 3.8) is 0 Å². The van der Waals surface area contributed by atoms with Gasteiger partial charge in [-0.2, -0.15) is 0 Å². The van der Waals surface area contributed by atoms with E-state index in [0.717, 1.165) is 58.0 Å². The molecule has 2 aliphatic rings. The number of hydrogen-bond donors (Lipinski definition) is 0.